The van der Waals surface area contributed by atoms with Crippen LogP contribution in [-0.2, 0) is 14.3 Å². The number of likely N-dealkylation sites (N-methyl/N-ethyl adjacent to an activating group) is 1. The van der Waals surface area contributed by atoms with Crippen molar-refractivity contribution < 1.29 is 32.3 Å². The number of piperidine rings is 1. The first-order valence-electron chi connectivity index (χ1n) is 14.8. The minimum Gasteiger partial charge on any atom is -0.446 e. The average Bonchev–Trinajstić information content (AvgIpc) is 3.56. The third-order valence-corrected chi connectivity index (χ3v) is 10.5. The van der Waals surface area contributed by atoms with Crippen molar-refractivity contribution in [2.45, 2.75) is 82.5 Å². The summed E-state index contributed by atoms with van der Waals surface area (Å²) in [6, 6.07) is 4.84. The number of alkyl halides is 3. The summed E-state index contributed by atoms with van der Waals surface area (Å²) < 4.78 is 44.9. The zero-order chi connectivity index (χ0) is 30.4. The van der Waals surface area contributed by atoms with E-state index in [9.17, 15) is 27.6 Å². The molecule has 0 spiro atoms. The quantitative estimate of drug-likeness (QED) is 0.371. The molecule has 0 radical (unpaired) electrons. The predicted molar refractivity (Wildman–Crippen MR) is 152 cm³/mol. The Morgan fingerprint density at radius 1 is 0.952 bits per heavy atom. The topological polar surface area (TPSA) is 70.2 Å². The summed E-state index contributed by atoms with van der Waals surface area (Å²) in [4.78, 5) is 44.8. The standard InChI is InChI=1S/C30H38Cl2F3N3O4/c1-29(11-12-29)27(40)37-13-9-18(10-14-37)26(39)38-16-22(19-3-8-23(31)24(32)15-19)25(17-38)36(2)28(41)42-21-6-4-20(5-7-21)30(33,34)35/h3,8,15,18,20-22,25H,4-7,9-14,16-17H2,1-2H3. The van der Waals surface area contributed by atoms with E-state index in [1.54, 1.807) is 24.1 Å². The van der Waals surface area contributed by atoms with Gasteiger partial charge in [0.05, 0.1) is 22.0 Å². The molecular formula is C30H38Cl2F3N3O4. The number of amides is 3. The smallest absolute Gasteiger partial charge is 0.410 e. The maximum Gasteiger partial charge on any atom is 0.410 e. The normalized spacial score (nSPS) is 28.0. The lowest BCUT2D eigenvalue weighted by molar-refractivity contribution is -0.186. The maximum atomic E-state index is 13.7. The van der Waals surface area contributed by atoms with Crippen LogP contribution in [0.25, 0.3) is 0 Å². The Balaban J connectivity index is 1.25. The van der Waals surface area contributed by atoms with Crippen molar-refractivity contribution >= 4 is 41.1 Å². The second kappa shape index (κ2) is 12.1. The van der Waals surface area contributed by atoms with Crippen LogP contribution in [-0.4, -0.2) is 84.2 Å². The lowest BCUT2D eigenvalue weighted by Crippen LogP contribution is -2.47. The van der Waals surface area contributed by atoms with E-state index in [0.29, 0.717) is 42.5 Å². The maximum absolute atomic E-state index is 13.7. The summed E-state index contributed by atoms with van der Waals surface area (Å²) in [6.45, 7) is 3.76. The van der Waals surface area contributed by atoms with Crippen LogP contribution in [0.5, 0.6) is 0 Å². The van der Waals surface area contributed by atoms with E-state index in [1.807, 2.05) is 17.9 Å². The van der Waals surface area contributed by atoms with E-state index in [1.165, 1.54) is 4.90 Å². The van der Waals surface area contributed by atoms with Gasteiger partial charge in [-0.2, -0.15) is 13.2 Å². The third-order valence-electron chi connectivity index (χ3n) is 9.81. The second-order valence-electron chi connectivity index (χ2n) is 12.7. The summed E-state index contributed by atoms with van der Waals surface area (Å²) in [5.41, 5.74) is 0.594. The van der Waals surface area contributed by atoms with Crippen molar-refractivity contribution in [3.63, 3.8) is 0 Å². The van der Waals surface area contributed by atoms with Crippen LogP contribution in [0.3, 0.4) is 0 Å². The highest BCUT2D eigenvalue weighted by atomic mass is 35.5. The molecule has 4 aliphatic rings. The molecule has 3 amide bonds. The van der Waals surface area contributed by atoms with Gasteiger partial charge in [0.1, 0.15) is 6.10 Å². The van der Waals surface area contributed by atoms with Crippen molar-refractivity contribution in [3.05, 3.63) is 33.8 Å². The Bertz CT molecular complexity index is 1190. The van der Waals surface area contributed by atoms with Crippen LogP contribution in [0, 0.1) is 17.3 Å². The lowest BCUT2D eigenvalue weighted by atomic mass is 9.87. The van der Waals surface area contributed by atoms with Crippen LogP contribution in [0.15, 0.2) is 18.2 Å². The molecule has 1 aromatic carbocycles. The Morgan fingerprint density at radius 2 is 1.60 bits per heavy atom. The fourth-order valence-electron chi connectivity index (χ4n) is 6.67. The molecule has 2 saturated heterocycles. The molecule has 2 aliphatic heterocycles. The summed E-state index contributed by atoms with van der Waals surface area (Å²) in [7, 11) is 1.61. The Labute approximate surface area is 254 Å². The zero-order valence-corrected chi connectivity index (χ0v) is 25.5. The molecular weight excluding hydrogens is 594 g/mol. The molecule has 0 N–H and O–H groups in total. The van der Waals surface area contributed by atoms with E-state index in [0.717, 1.165) is 18.4 Å². The highest BCUT2D eigenvalue weighted by Gasteiger charge is 2.49. The molecule has 2 heterocycles. The second-order valence-corrected chi connectivity index (χ2v) is 13.5. The molecule has 2 unspecified atom stereocenters. The summed E-state index contributed by atoms with van der Waals surface area (Å²) >= 11 is 12.5. The fourth-order valence-corrected chi connectivity index (χ4v) is 6.98. The molecule has 5 rings (SSSR count). The average molecular weight is 633 g/mol. The highest BCUT2D eigenvalue weighted by molar-refractivity contribution is 6.42. The minimum atomic E-state index is -4.24. The molecule has 42 heavy (non-hydrogen) atoms. The SMILES string of the molecule is CN(C(=O)OC1CCC(C(F)(F)F)CC1)C1CN(C(=O)C2CCN(C(=O)C3(C)CC3)CC2)CC1c1ccc(Cl)c(Cl)c1. The monoisotopic (exact) mass is 631 g/mol. The number of hydrogen-bond donors (Lipinski definition) is 0. The molecule has 4 fully saturated rings. The third kappa shape index (κ3) is 6.64. The molecule has 1 aromatic rings. The van der Waals surface area contributed by atoms with Gasteiger partial charge in [-0.3, -0.25) is 9.59 Å². The molecule has 2 aliphatic carbocycles. The van der Waals surface area contributed by atoms with Crippen LogP contribution < -0.4 is 0 Å². The molecule has 232 valence electrons. The summed E-state index contributed by atoms with van der Waals surface area (Å²) in [5.74, 6) is -1.66. The first-order chi connectivity index (χ1) is 19.8. The summed E-state index contributed by atoms with van der Waals surface area (Å²) in [6.07, 6.45) is -2.21. The van der Waals surface area contributed by atoms with Gasteiger partial charge in [0.15, 0.2) is 0 Å². The van der Waals surface area contributed by atoms with Gasteiger partial charge in [-0.25, -0.2) is 4.79 Å². The number of nitrogens with zero attached hydrogens (tertiary/aromatic N) is 3. The highest BCUT2D eigenvalue weighted by Crippen LogP contribution is 2.47. The Hall–Kier alpha value is -2.20. The van der Waals surface area contributed by atoms with E-state index < -0.39 is 30.3 Å². The van der Waals surface area contributed by atoms with Gasteiger partial charge >= 0.3 is 12.3 Å². The number of halogens is 5. The van der Waals surface area contributed by atoms with Gasteiger partial charge in [-0.1, -0.05) is 36.2 Å². The van der Waals surface area contributed by atoms with Gasteiger partial charge in [0.2, 0.25) is 11.8 Å². The molecule has 12 heteroatoms. The Kier molecular flexibility index (Phi) is 8.97. The van der Waals surface area contributed by atoms with Gasteiger partial charge in [0.25, 0.3) is 0 Å². The minimum absolute atomic E-state index is 0.000432. The fraction of sp³-hybridized carbons (Fsp3) is 0.700. The van der Waals surface area contributed by atoms with Gasteiger partial charge in [-0.15, -0.1) is 0 Å². The van der Waals surface area contributed by atoms with Gasteiger partial charge in [0, 0.05) is 50.5 Å². The van der Waals surface area contributed by atoms with Gasteiger partial charge in [-0.05, 0) is 69.1 Å². The molecule has 2 atom stereocenters. The molecule has 0 bridgehead atoms. The largest absolute Gasteiger partial charge is 0.446 e. The lowest BCUT2D eigenvalue weighted by Gasteiger charge is -2.35. The van der Waals surface area contributed by atoms with E-state index in [-0.39, 0.29) is 61.3 Å². The number of benzene rings is 1. The van der Waals surface area contributed by atoms with E-state index in [2.05, 4.69) is 0 Å². The predicted octanol–water partition coefficient (Wildman–Crippen LogP) is 6.52. The van der Waals surface area contributed by atoms with Crippen LogP contribution in [0.4, 0.5) is 18.0 Å². The van der Waals surface area contributed by atoms with Gasteiger partial charge < -0.3 is 19.4 Å². The number of carbonyl (C=O) groups is 3. The van der Waals surface area contributed by atoms with Crippen LogP contribution in [0.1, 0.15) is 69.8 Å². The zero-order valence-electron chi connectivity index (χ0n) is 24.0. The van der Waals surface area contributed by atoms with Crippen LogP contribution >= 0.6 is 23.2 Å². The van der Waals surface area contributed by atoms with Crippen molar-refractivity contribution in [1.29, 1.82) is 0 Å². The molecule has 0 aromatic heterocycles. The van der Waals surface area contributed by atoms with Crippen molar-refractivity contribution in [3.8, 4) is 0 Å². The van der Waals surface area contributed by atoms with Crippen molar-refractivity contribution in [2.75, 3.05) is 33.2 Å². The number of hydrogen-bond acceptors (Lipinski definition) is 4. The number of likely N-dealkylation sites (tertiary alicyclic amines) is 2. The van der Waals surface area contributed by atoms with E-state index >= 15 is 0 Å². The number of ether oxygens (including phenoxy) is 1. The molecule has 2 saturated carbocycles. The molecule has 7 nitrogen and oxygen atoms in total. The Morgan fingerprint density at radius 3 is 2.17 bits per heavy atom. The number of carbonyl (C=O) groups excluding carboxylic acids is 3. The first kappa shape index (κ1) is 31.2. The van der Waals surface area contributed by atoms with E-state index in [4.69, 9.17) is 27.9 Å². The first-order valence-corrected chi connectivity index (χ1v) is 15.6. The summed E-state index contributed by atoms with van der Waals surface area (Å²) in [5, 5.41) is 0.761. The van der Waals surface area contributed by atoms with Crippen molar-refractivity contribution in [2.24, 2.45) is 17.3 Å². The number of rotatable bonds is 5. The van der Waals surface area contributed by atoms with Crippen molar-refractivity contribution in [1.82, 2.24) is 14.7 Å². The van der Waals surface area contributed by atoms with Crippen LogP contribution in [0.2, 0.25) is 10.0 Å².